The molecule has 0 bridgehead atoms. The molecule has 23 heavy (non-hydrogen) atoms. The van der Waals surface area contributed by atoms with Gasteiger partial charge in [0.1, 0.15) is 5.41 Å². The molecule has 1 amide bonds. The lowest BCUT2D eigenvalue weighted by molar-refractivity contribution is -0.151. The van der Waals surface area contributed by atoms with Crippen molar-refractivity contribution in [2.75, 3.05) is 6.54 Å². The van der Waals surface area contributed by atoms with Crippen LogP contribution in [0.4, 0.5) is 0 Å². The van der Waals surface area contributed by atoms with Gasteiger partial charge in [-0.1, -0.05) is 54.6 Å². The summed E-state index contributed by atoms with van der Waals surface area (Å²) in [6, 6.07) is 16.2. The number of hydrogen-bond donors (Lipinski definition) is 1. The Morgan fingerprint density at radius 1 is 1.04 bits per heavy atom. The number of carbonyl (C=O) groups is 2. The van der Waals surface area contributed by atoms with Crippen molar-refractivity contribution in [1.29, 1.82) is 0 Å². The van der Waals surface area contributed by atoms with E-state index in [-0.39, 0.29) is 18.1 Å². The van der Waals surface area contributed by atoms with Crippen molar-refractivity contribution in [2.24, 2.45) is 0 Å². The monoisotopic (exact) mass is 307 g/mol. The number of nitrogens with zero attached hydrogens (tertiary/aromatic N) is 1. The second kappa shape index (κ2) is 4.52. The first-order valence-electron chi connectivity index (χ1n) is 7.80. The van der Waals surface area contributed by atoms with Crippen LogP contribution < -0.4 is 0 Å². The highest BCUT2D eigenvalue weighted by molar-refractivity contribution is 6.14. The van der Waals surface area contributed by atoms with E-state index in [0.29, 0.717) is 23.2 Å². The molecule has 2 aromatic carbocycles. The van der Waals surface area contributed by atoms with Crippen molar-refractivity contribution in [1.82, 2.24) is 4.90 Å². The quantitative estimate of drug-likeness (QED) is 0.925. The number of fused-ring (bicyclic) bond motifs is 3. The summed E-state index contributed by atoms with van der Waals surface area (Å²) < 4.78 is 0. The molecule has 116 valence electrons. The summed E-state index contributed by atoms with van der Waals surface area (Å²) in [5.74, 6) is -0.368. The number of likely N-dealkylation sites (N-methyl/N-ethyl adjacent to an activating group) is 1. The molecule has 1 aliphatic carbocycles. The molecule has 1 saturated heterocycles. The highest BCUT2D eigenvalue weighted by Crippen LogP contribution is 2.59. The number of ketones is 1. The Kier molecular flexibility index (Phi) is 2.78. The average Bonchev–Trinajstić information content (AvgIpc) is 2.93. The molecule has 2 atom stereocenters. The van der Waals surface area contributed by atoms with Crippen LogP contribution in [0.5, 0.6) is 0 Å². The predicted molar refractivity (Wildman–Crippen MR) is 84.8 cm³/mol. The van der Waals surface area contributed by atoms with Crippen molar-refractivity contribution in [3.05, 3.63) is 71.3 Å². The first-order chi connectivity index (χ1) is 11.1. The summed E-state index contributed by atoms with van der Waals surface area (Å²) in [7, 11) is 0. The fraction of sp³-hybridized carbons (Fsp3) is 0.263. The molecule has 2 aromatic rings. The second-order valence-corrected chi connectivity index (χ2v) is 6.13. The van der Waals surface area contributed by atoms with Crippen LogP contribution in [0, 0.1) is 0 Å². The van der Waals surface area contributed by atoms with E-state index in [1.807, 2.05) is 37.3 Å². The zero-order valence-corrected chi connectivity index (χ0v) is 12.8. The largest absolute Gasteiger partial charge is 0.366 e. The molecule has 1 heterocycles. The van der Waals surface area contributed by atoms with E-state index in [1.165, 1.54) is 4.90 Å². The summed E-state index contributed by atoms with van der Waals surface area (Å²) in [5, 5.41) is 11.7. The first kappa shape index (κ1) is 14.2. The minimum atomic E-state index is -1.62. The molecule has 1 N–H and O–H groups in total. The summed E-state index contributed by atoms with van der Waals surface area (Å²) in [6.07, 6.45) is -0.00509. The van der Waals surface area contributed by atoms with E-state index in [9.17, 15) is 14.7 Å². The van der Waals surface area contributed by atoms with Gasteiger partial charge in [0.2, 0.25) is 5.91 Å². The maximum atomic E-state index is 13.3. The van der Waals surface area contributed by atoms with Gasteiger partial charge >= 0.3 is 0 Å². The molecule has 1 fully saturated rings. The summed E-state index contributed by atoms with van der Waals surface area (Å²) in [6.45, 7) is 2.17. The predicted octanol–water partition coefficient (Wildman–Crippen LogP) is 2.22. The number of rotatable bonds is 2. The SMILES string of the molecule is CCN1C(=O)C[C@]2(c3ccccc3)C(=O)c3ccccc3[C@]12O. The minimum Gasteiger partial charge on any atom is -0.366 e. The molecule has 2 aliphatic rings. The number of amides is 1. The van der Waals surface area contributed by atoms with Crippen LogP contribution in [-0.4, -0.2) is 28.2 Å². The number of Topliss-reactive ketones (excluding diaryl/α,β-unsaturated/α-hetero) is 1. The number of hydrogen-bond acceptors (Lipinski definition) is 3. The molecular formula is C19H17NO3. The van der Waals surface area contributed by atoms with Crippen molar-refractivity contribution in [3.63, 3.8) is 0 Å². The first-order valence-corrected chi connectivity index (χ1v) is 7.80. The van der Waals surface area contributed by atoms with Crippen molar-refractivity contribution >= 4 is 11.7 Å². The van der Waals surface area contributed by atoms with E-state index >= 15 is 0 Å². The van der Waals surface area contributed by atoms with Crippen LogP contribution in [0.1, 0.15) is 34.8 Å². The lowest BCUT2D eigenvalue weighted by atomic mass is 9.71. The lowest BCUT2D eigenvalue weighted by Gasteiger charge is -2.39. The Hall–Kier alpha value is -2.46. The smallest absolute Gasteiger partial charge is 0.226 e. The molecule has 0 aromatic heterocycles. The van der Waals surface area contributed by atoms with Crippen LogP contribution in [0.3, 0.4) is 0 Å². The maximum absolute atomic E-state index is 13.3. The minimum absolute atomic E-state index is 0.00509. The lowest BCUT2D eigenvalue weighted by Crippen LogP contribution is -2.53. The van der Waals surface area contributed by atoms with Gasteiger partial charge in [-0.05, 0) is 12.5 Å². The van der Waals surface area contributed by atoms with Crippen molar-refractivity contribution in [3.8, 4) is 0 Å². The second-order valence-electron chi connectivity index (χ2n) is 6.13. The summed E-state index contributed by atoms with van der Waals surface area (Å²) >= 11 is 0. The van der Waals surface area contributed by atoms with Gasteiger partial charge in [-0.2, -0.15) is 0 Å². The summed E-state index contributed by atoms with van der Waals surface area (Å²) in [4.78, 5) is 27.3. The highest BCUT2D eigenvalue weighted by atomic mass is 16.3. The molecule has 0 spiro atoms. The number of benzene rings is 2. The van der Waals surface area contributed by atoms with Gasteiger partial charge in [0, 0.05) is 24.1 Å². The third-order valence-electron chi connectivity index (χ3n) is 5.22. The zero-order valence-electron chi connectivity index (χ0n) is 12.8. The number of carbonyl (C=O) groups excluding carboxylic acids is 2. The molecule has 0 unspecified atom stereocenters. The Balaban J connectivity index is 2.08. The molecule has 4 heteroatoms. The molecule has 4 rings (SSSR count). The van der Waals surface area contributed by atoms with E-state index in [0.717, 1.165) is 0 Å². The molecule has 4 nitrogen and oxygen atoms in total. The van der Waals surface area contributed by atoms with E-state index in [4.69, 9.17) is 0 Å². The highest BCUT2D eigenvalue weighted by Gasteiger charge is 2.71. The van der Waals surface area contributed by atoms with Crippen LogP contribution in [-0.2, 0) is 15.9 Å². The fourth-order valence-corrected chi connectivity index (χ4v) is 4.25. The van der Waals surface area contributed by atoms with Crippen molar-refractivity contribution in [2.45, 2.75) is 24.5 Å². The van der Waals surface area contributed by atoms with Crippen LogP contribution in [0.25, 0.3) is 0 Å². The van der Waals surface area contributed by atoms with E-state index in [2.05, 4.69) is 0 Å². The standard InChI is InChI=1S/C19H17NO3/c1-2-20-16(21)12-18(13-8-4-3-5-9-13)17(22)14-10-6-7-11-15(14)19(18,20)23/h3-11,23H,2,12H2,1H3/t18-,19+/m0/s1. The van der Waals surface area contributed by atoms with Crippen LogP contribution in [0.15, 0.2) is 54.6 Å². The third-order valence-corrected chi connectivity index (χ3v) is 5.22. The van der Waals surface area contributed by atoms with Gasteiger partial charge in [0.15, 0.2) is 11.5 Å². The van der Waals surface area contributed by atoms with Crippen LogP contribution in [0.2, 0.25) is 0 Å². The Bertz CT molecular complexity index is 816. The van der Waals surface area contributed by atoms with E-state index < -0.39 is 11.1 Å². The summed E-state index contributed by atoms with van der Waals surface area (Å²) in [5.41, 5.74) is -1.15. The van der Waals surface area contributed by atoms with Gasteiger partial charge in [-0.3, -0.25) is 9.59 Å². The molecule has 0 radical (unpaired) electrons. The fourth-order valence-electron chi connectivity index (χ4n) is 4.25. The number of likely N-dealkylation sites (tertiary alicyclic amines) is 1. The van der Waals surface area contributed by atoms with Gasteiger partial charge in [-0.15, -0.1) is 0 Å². The van der Waals surface area contributed by atoms with Gasteiger partial charge < -0.3 is 10.0 Å². The Labute approximate surface area is 134 Å². The topological polar surface area (TPSA) is 57.6 Å². The normalized spacial score (nSPS) is 28.9. The molecule has 1 aliphatic heterocycles. The number of aliphatic hydroxyl groups is 1. The third kappa shape index (κ3) is 1.44. The van der Waals surface area contributed by atoms with Gasteiger partial charge in [-0.25, -0.2) is 0 Å². The van der Waals surface area contributed by atoms with Crippen molar-refractivity contribution < 1.29 is 14.7 Å². The maximum Gasteiger partial charge on any atom is 0.226 e. The van der Waals surface area contributed by atoms with E-state index in [1.54, 1.807) is 24.3 Å². The van der Waals surface area contributed by atoms with Crippen LogP contribution >= 0.6 is 0 Å². The molecule has 0 saturated carbocycles. The Morgan fingerprint density at radius 2 is 1.70 bits per heavy atom. The molecular weight excluding hydrogens is 290 g/mol. The average molecular weight is 307 g/mol. The Morgan fingerprint density at radius 3 is 2.39 bits per heavy atom. The zero-order chi connectivity index (χ0) is 16.2. The van der Waals surface area contributed by atoms with Gasteiger partial charge in [0.25, 0.3) is 0 Å². The van der Waals surface area contributed by atoms with Gasteiger partial charge in [0.05, 0.1) is 0 Å².